The molecule has 0 bridgehead atoms. The monoisotopic (exact) mass is 487 g/mol. The molecule has 7 nitrogen and oxygen atoms in total. The lowest BCUT2D eigenvalue weighted by atomic mass is 9.95. The summed E-state index contributed by atoms with van der Waals surface area (Å²) in [5, 5.41) is 0. The lowest BCUT2D eigenvalue weighted by Gasteiger charge is -2.39. The van der Waals surface area contributed by atoms with Crippen molar-refractivity contribution in [3.63, 3.8) is 0 Å². The van der Waals surface area contributed by atoms with Crippen molar-refractivity contribution in [1.82, 2.24) is 14.7 Å². The molecule has 1 unspecified atom stereocenters. The molecule has 0 radical (unpaired) electrons. The highest BCUT2D eigenvalue weighted by molar-refractivity contribution is 5.97. The third kappa shape index (κ3) is 6.28. The van der Waals surface area contributed by atoms with E-state index in [4.69, 9.17) is 4.74 Å². The number of rotatable bonds is 7. The second-order valence-electron chi connectivity index (χ2n) is 8.91. The van der Waals surface area contributed by atoms with E-state index in [-0.39, 0.29) is 35.6 Å². The molecule has 4 rings (SSSR count). The van der Waals surface area contributed by atoms with Crippen LogP contribution in [0.2, 0.25) is 0 Å². The van der Waals surface area contributed by atoms with E-state index in [9.17, 15) is 18.4 Å². The van der Waals surface area contributed by atoms with Crippen molar-refractivity contribution in [2.24, 2.45) is 5.92 Å². The standard InChI is InChI=1S/C26H31F2N3O4/c1-34-21-10-8-19(9-11-21)17-29-13-15-30(16-14-29)24(32)20-5-4-12-31(18-20)25(33)22-6-2-3-7-23(22)35-26(27)28/h2-3,6-11,20,26H,4-5,12-18H2,1H3. The van der Waals surface area contributed by atoms with Crippen LogP contribution >= 0.6 is 0 Å². The van der Waals surface area contributed by atoms with Crippen LogP contribution in [0, 0.1) is 5.92 Å². The van der Waals surface area contributed by atoms with E-state index in [0.29, 0.717) is 32.5 Å². The zero-order chi connectivity index (χ0) is 24.8. The minimum absolute atomic E-state index is 0.0590. The van der Waals surface area contributed by atoms with Crippen LogP contribution in [0.15, 0.2) is 48.5 Å². The highest BCUT2D eigenvalue weighted by Crippen LogP contribution is 2.26. The fraction of sp³-hybridized carbons (Fsp3) is 0.462. The van der Waals surface area contributed by atoms with E-state index in [1.807, 2.05) is 17.0 Å². The smallest absolute Gasteiger partial charge is 0.387 e. The minimum Gasteiger partial charge on any atom is -0.497 e. The van der Waals surface area contributed by atoms with Crippen LogP contribution in [-0.4, -0.2) is 79.5 Å². The van der Waals surface area contributed by atoms with Gasteiger partial charge in [-0.05, 0) is 42.7 Å². The van der Waals surface area contributed by atoms with E-state index in [1.165, 1.54) is 17.7 Å². The number of hydrogen-bond acceptors (Lipinski definition) is 5. The van der Waals surface area contributed by atoms with Crippen LogP contribution in [0.5, 0.6) is 11.5 Å². The molecule has 2 aromatic rings. The van der Waals surface area contributed by atoms with Gasteiger partial charge in [0.2, 0.25) is 5.91 Å². The van der Waals surface area contributed by atoms with Crippen molar-refractivity contribution in [1.29, 1.82) is 0 Å². The lowest BCUT2D eigenvalue weighted by Crippen LogP contribution is -2.52. The molecule has 2 fully saturated rings. The Morgan fingerprint density at radius 1 is 0.971 bits per heavy atom. The van der Waals surface area contributed by atoms with Crippen LogP contribution in [0.1, 0.15) is 28.8 Å². The van der Waals surface area contributed by atoms with Crippen LogP contribution in [0.3, 0.4) is 0 Å². The summed E-state index contributed by atoms with van der Waals surface area (Å²) in [6.45, 7) is 1.43. The predicted molar refractivity (Wildman–Crippen MR) is 127 cm³/mol. The third-order valence-electron chi connectivity index (χ3n) is 6.64. The number of nitrogens with zero attached hydrogens (tertiary/aromatic N) is 3. The van der Waals surface area contributed by atoms with E-state index >= 15 is 0 Å². The van der Waals surface area contributed by atoms with Gasteiger partial charge in [-0.3, -0.25) is 14.5 Å². The first-order chi connectivity index (χ1) is 16.9. The van der Waals surface area contributed by atoms with E-state index in [1.54, 1.807) is 24.1 Å². The SMILES string of the molecule is COc1ccc(CN2CCN(C(=O)C3CCCN(C(=O)c4ccccc4OC(F)F)C3)CC2)cc1. The van der Waals surface area contributed by atoms with Gasteiger partial charge in [0.1, 0.15) is 11.5 Å². The number of hydrogen-bond donors (Lipinski definition) is 0. The summed E-state index contributed by atoms with van der Waals surface area (Å²) in [7, 11) is 1.65. The average molecular weight is 488 g/mol. The number of methoxy groups -OCH3 is 1. The highest BCUT2D eigenvalue weighted by Gasteiger charge is 2.33. The number of likely N-dealkylation sites (tertiary alicyclic amines) is 1. The largest absolute Gasteiger partial charge is 0.497 e. The van der Waals surface area contributed by atoms with Crippen LogP contribution in [0.4, 0.5) is 8.78 Å². The van der Waals surface area contributed by atoms with Crippen molar-refractivity contribution in [3.8, 4) is 11.5 Å². The summed E-state index contributed by atoms with van der Waals surface area (Å²) in [6.07, 6.45) is 1.40. The molecule has 2 saturated heterocycles. The molecule has 2 aliphatic rings. The fourth-order valence-corrected chi connectivity index (χ4v) is 4.75. The first kappa shape index (κ1) is 24.9. The van der Waals surface area contributed by atoms with Crippen molar-refractivity contribution in [3.05, 3.63) is 59.7 Å². The summed E-state index contributed by atoms with van der Waals surface area (Å²) in [5.41, 5.74) is 1.29. The van der Waals surface area contributed by atoms with E-state index in [2.05, 4.69) is 21.8 Å². The molecule has 2 heterocycles. The quantitative estimate of drug-likeness (QED) is 0.599. The maximum absolute atomic E-state index is 13.2. The molecule has 0 aromatic heterocycles. The highest BCUT2D eigenvalue weighted by atomic mass is 19.3. The maximum Gasteiger partial charge on any atom is 0.387 e. The summed E-state index contributed by atoms with van der Waals surface area (Å²) in [5.74, 6) is 0.0685. The molecule has 2 aromatic carbocycles. The predicted octanol–water partition coefficient (Wildman–Crippen LogP) is 3.49. The van der Waals surface area contributed by atoms with Gasteiger partial charge in [0.05, 0.1) is 18.6 Å². The maximum atomic E-state index is 13.2. The Hall–Kier alpha value is -3.20. The normalized spacial score (nSPS) is 19.0. The van der Waals surface area contributed by atoms with Gasteiger partial charge in [-0.15, -0.1) is 0 Å². The Morgan fingerprint density at radius 2 is 1.69 bits per heavy atom. The number of ether oxygens (including phenoxy) is 2. The van der Waals surface area contributed by atoms with Crippen LogP contribution < -0.4 is 9.47 Å². The molecule has 0 spiro atoms. The molecule has 35 heavy (non-hydrogen) atoms. The van der Waals surface area contributed by atoms with Gasteiger partial charge in [0.25, 0.3) is 5.91 Å². The number of carbonyl (C=O) groups is 2. The molecular weight excluding hydrogens is 456 g/mol. The molecular formula is C26H31F2N3O4. The summed E-state index contributed by atoms with van der Waals surface area (Å²) in [4.78, 5) is 32.1. The van der Waals surface area contributed by atoms with E-state index in [0.717, 1.165) is 25.4 Å². The van der Waals surface area contributed by atoms with Gasteiger partial charge in [-0.2, -0.15) is 8.78 Å². The van der Waals surface area contributed by atoms with Gasteiger partial charge in [-0.25, -0.2) is 0 Å². The molecule has 2 aliphatic heterocycles. The minimum atomic E-state index is -3.01. The zero-order valence-electron chi connectivity index (χ0n) is 19.9. The molecule has 9 heteroatoms. The molecule has 1 atom stereocenters. The third-order valence-corrected chi connectivity index (χ3v) is 6.64. The Kier molecular flexibility index (Phi) is 8.17. The first-order valence-corrected chi connectivity index (χ1v) is 11.9. The van der Waals surface area contributed by atoms with Gasteiger partial charge < -0.3 is 19.3 Å². The van der Waals surface area contributed by atoms with Crippen molar-refractivity contribution in [2.75, 3.05) is 46.4 Å². The first-order valence-electron chi connectivity index (χ1n) is 11.9. The molecule has 0 N–H and O–H groups in total. The number of para-hydroxylation sites is 1. The summed E-state index contributed by atoms with van der Waals surface area (Å²) in [6, 6.07) is 14.0. The molecule has 0 aliphatic carbocycles. The van der Waals surface area contributed by atoms with Crippen LogP contribution in [-0.2, 0) is 11.3 Å². The summed E-state index contributed by atoms with van der Waals surface area (Å²) >= 11 is 0. The lowest BCUT2D eigenvalue weighted by molar-refractivity contribution is -0.138. The van der Waals surface area contributed by atoms with Crippen molar-refractivity contribution < 1.29 is 27.8 Å². The number of piperidine rings is 1. The number of carbonyl (C=O) groups excluding carboxylic acids is 2. The number of amides is 2. The van der Waals surface area contributed by atoms with Gasteiger partial charge in [0.15, 0.2) is 0 Å². The van der Waals surface area contributed by atoms with Crippen molar-refractivity contribution in [2.45, 2.75) is 26.0 Å². The Morgan fingerprint density at radius 3 is 2.37 bits per heavy atom. The van der Waals surface area contributed by atoms with Gasteiger partial charge >= 0.3 is 6.61 Å². The summed E-state index contributed by atoms with van der Waals surface area (Å²) < 4.78 is 35.2. The number of benzene rings is 2. The topological polar surface area (TPSA) is 62.3 Å². The fourth-order valence-electron chi connectivity index (χ4n) is 4.75. The van der Waals surface area contributed by atoms with Gasteiger partial charge in [-0.1, -0.05) is 24.3 Å². The Balaban J connectivity index is 1.31. The second kappa shape index (κ2) is 11.5. The zero-order valence-corrected chi connectivity index (χ0v) is 19.9. The average Bonchev–Trinajstić information content (AvgIpc) is 2.89. The number of alkyl halides is 2. The van der Waals surface area contributed by atoms with Crippen molar-refractivity contribution >= 4 is 11.8 Å². The molecule has 2 amide bonds. The van der Waals surface area contributed by atoms with Crippen LogP contribution in [0.25, 0.3) is 0 Å². The number of piperazine rings is 1. The van der Waals surface area contributed by atoms with Gasteiger partial charge in [0, 0.05) is 45.8 Å². The second-order valence-corrected chi connectivity index (χ2v) is 8.91. The van der Waals surface area contributed by atoms with E-state index < -0.39 is 6.61 Å². The molecule has 0 saturated carbocycles. The Labute approximate surface area is 204 Å². The Bertz CT molecular complexity index is 1010. The number of halogens is 2. The molecule has 188 valence electrons.